The second kappa shape index (κ2) is 4.04. The number of hydrogen-bond donors (Lipinski definition) is 1. The van der Waals surface area contributed by atoms with E-state index in [4.69, 9.17) is 4.42 Å². The highest BCUT2D eigenvalue weighted by Gasteiger charge is 2.19. The Labute approximate surface area is 101 Å². The first-order valence-electron chi connectivity index (χ1n) is 6.05. The van der Waals surface area contributed by atoms with Crippen LogP contribution in [0.2, 0.25) is 0 Å². The molecule has 0 amide bonds. The van der Waals surface area contributed by atoms with E-state index in [9.17, 15) is 0 Å². The Morgan fingerprint density at radius 2 is 2.35 bits per heavy atom. The summed E-state index contributed by atoms with van der Waals surface area (Å²) in [4.78, 5) is 6.70. The van der Waals surface area contributed by atoms with E-state index in [1.54, 1.807) is 0 Å². The zero-order valence-electron chi connectivity index (χ0n) is 10.2. The molecule has 4 nitrogen and oxygen atoms in total. The van der Waals surface area contributed by atoms with Gasteiger partial charge in [0.15, 0.2) is 11.5 Å². The Morgan fingerprint density at radius 1 is 1.47 bits per heavy atom. The van der Waals surface area contributed by atoms with Crippen LogP contribution in [-0.2, 0) is 0 Å². The molecule has 1 saturated heterocycles. The molecule has 1 aliphatic rings. The number of hydrogen-bond acceptors (Lipinski definition) is 4. The number of rotatable bonds is 2. The molecular formula is C13H17N3O. The molecule has 0 radical (unpaired) electrons. The van der Waals surface area contributed by atoms with Gasteiger partial charge < -0.3 is 14.6 Å². The fourth-order valence-corrected chi connectivity index (χ4v) is 2.43. The van der Waals surface area contributed by atoms with Crippen molar-refractivity contribution in [1.82, 2.24) is 10.3 Å². The summed E-state index contributed by atoms with van der Waals surface area (Å²) in [7, 11) is 2.14. The lowest BCUT2D eigenvalue weighted by Gasteiger charge is -2.25. The van der Waals surface area contributed by atoms with Crippen LogP contribution in [0.3, 0.4) is 0 Å². The molecule has 0 saturated carbocycles. The van der Waals surface area contributed by atoms with Crippen LogP contribution in [0.15, 0.2) is 22.6 Å². The van der Waals surface area contributed by atoms with Gasteiger partial charge in [0.2, 0.25) is 0 Å². The summed E-state index contributed by atoms with van der Waals surface area (Å²) < 4.78 is 5.49. The number of likely N-dealkylation sites (N-methyl/N-ethyl adjacent to an activating group) is 1. The highest BCUT2D eigenvalue weighted by atomic mass is 16.3. The molecule has 0 bridgehead atoms. The molecule has 4 heteroatoms. The van der Waals surface area contributed by atoms with Crippen molar-refractivity contribution in [3.05, 3.63) is 24.1 Å². The van der Waals surface area contributed by atoms with Gasteiger partial charge in [0.25, 0.3) is 0 Å². The number of nitrogens with one attached hydrogen (secondary N) is 1. The predicted octanol–water partition coefficient (Wildman–Crippen LogP) is 1.93. The van der Waals surface area contributed by atoms with Crippen molar-refractivity contribution in [2.45, 2.75) is 19.4 Å². The normalized spacial score (nSPS) is 20.0. The fraction of sp³-hybridized carbons (Fsp3) is 0.462. The van der Waals surface area contributed by atoms with E-state index in [0.717, 1.165) is 30.1 Å². The van der Waals surface area contributed by atoms with Crippen LogP contribution >= 0.6 is 0 Å². The maximum atomic E-state index is 5.49. The number of nitrogens with zero attached hydrogens (tertiary/aromatic N) is 2. The van der Waals surface area contributed by atoms with Crippen LogP contribution in [0.4, 0.5) is 5.69 Å². The average molecular weight is 231 g/mol. The zero-order valence-corrected chi connectivity index (χ0v) is 10.2. The van der Waals surface area contributed by atoms with Gasteiger partial charge in [-0.15, -0.1) is 0 Å². The van der Waals surface area contributed by atoms with E-state index >= 15 is 0 Å². The third-order valence-corrected chi connectivity index (χ3v) is 3.47. The minimum atomic E-state index is 0.584. The van der Waals surface area contributed by atoms with E-state index in [0.29, 0.717) is 6.04 Å². The van der Waals surface area contributed by atoms with Gasteiger partial charge in [-0.1, -0.05) is 0 Å². The van der Waals surface area contributed by atoms with Crippen molar-refractivity contribution < 1.29 is 4.42 Å². The minimum absolute atomic E-state index is 0.584. The van der Waals surface area contributed by atoms with Gasteiger partial charge in [0.1, 0.15) is 5.52 Å². The molecule has 3 rings (SSSR count). The van der Waals surface area contributed by atoms with E-state index < -0.39 is 0 Å². The maximum absolute atomic E-state index is 5.49. The van der Waals surface area contributed by atoms with Gasteiger partial charge in [-0.05, 0) is 31.2 Å². The number of anilines is 1. The van der Waals surface area contributed by atoms with Crippen LogP contribution < -0.4 is 10.2 Å². The number of fused-ring (bicyclic) bond motifs is 1. The summed E-state index contributed by atoms with van der Waals surface area (Å²) in [5.41, 5.74) is 3.02. The Hall–Kier alpha value is -1.55. The van der Waals surface area contributed by atoms with E-state index in [-0.39, 0.29) is 0 Å². The summed E-state index contributed by atoms with van der Waals surface area (Å²) in [5, 5.41) is 3.39. The van der Waals surface area contributed by atoms with Crippen molar-refractivity contribution in [2.24, 2.45) is 0 Å². The number of aromatic nitrogens is 1. The molecule has 0 spiro atoms. The number of benzene rings is 1. The Bertz CT molecular complexity index is 528. The maximum Gasteiger partial charge on any atom is 0.192 e. The molecular weight excluding hydrogens is 214 g/mol. The molecule has 2 heterocycles. The van der Waals surface area contributed by atoms with Crippen LogP contribution in [0.1, 0.15) is 12.3 Å². The lowest BCUT2D eigenvalue weighted by Crippen LogP contribution is -2.33. The van der Waals surface area contributed by atoms with Gasteiger partial charge in [-0.25, -0.2) is 4.98 Å². The van der Waals surface area contributed by atoms with Gasteiger partial charge in [-0.3, -0.25) is 0 Å². The summed E-state index contributed by atoms with van der Waals surface area (Å²) in [6.45, 7) is 4.05. The molecule has 1 aliphatic heterocycles. The molecule has 0 aliphatic carbocycles. The summed E-state index contributed by atoms with van der Waals surface area (Å²) in [6.07, 6.45) is 1.20. The van der Waals surface area contributed by atoms with Crippen molar-refractivity contribution in [2.75, 3.05) is 25.0 Å². The highest BCUT2D eigenvalue weighted by molar-refractivity contribution is 5.77. The number of oxazole rings is 1. The molecule has 1 aromatic carbocycles. The monoisotopic (exact) mass is 231 g/mol. The zero-order chi connectivity index (χ0) is 11.8. The Morgan fingerprint density at radius 3 is 3.12 bits per heavy atom. The predicted molar refractivity (Wildman–Crippen MR) is 68.4 cm³/mol. The average Bonchev–Trinajstić information content (AvgIpc) is 2.94. The first-order chi connectivity index (χ1) is 8.24. The lowest BCUT2D eigenvalue weighted by atomic mass is 10.2. The molecule has 90 valence electrons. The van der Waals surface area contributed by atoms with Crippen LogP contribution in [0.5, 0.6) is 0 Å². The van der Waals surface area contributed by atoms with Crippen molar-refractivity contribution in [1.29, 1.82) is 0 Å². The summed E-state index contributed by atoms with van der Waals surface area (Å²) in [6, 6.07) is 6.79. The molecule has 1 unspecified atom stereocenters. The molecule has 2 aromatic rings. The third kappa shape index (κ3) is 1.89. The summed E-state index contributed by atoms with van der Waals surface area (Å²) in [5.74, 6) is 0.724. The Kier molecular flexibility index (Phi) is 2.52. The van der Waals surface area contributed by atoms with Gasteiger partial charge >= 0.3 is 0 Å². The van der Waals surface area contributed by atoms with E-state index in [2.05, 4.69) is 34.4 Å². The first-order valence-corrected chi connectivity index (χ1v) is 6.05. The lowest BCUT2D eigenvalue weighted by molar-refractivity contribution is 0.561. The van der Waals surface area contributed by atoms with Crippen molar-refractivity contribution in [3.63, 3.8) is 0 Å². The van der Waals surface area contributed by atoms with Crippen LogP contribution in [0, 0.1) is 6.92 Å². The van der Waals surface area contributed by atoms with Gasteiger partial charge in [-0.2, -0.15) is 0 Å². The fourth-order valence-electron chi connectivity index (χ4n) is 2.43. The Balaban J connectivity index is 1.93. The molecule has 17 heavy (non-hydrogen) atoms. The highest BCUT2D eigenvalue weighted by Crippen LogP contribution is 2.24. The molecule has 1 aromatic heterocycles. The van der Waals surface area contributed by atoms with E-state index in [1.165, 1.54) is 12.1 Å². The second-order valence-corrected chi connectivity index (χ2v) is 4.64. The smallest absolute Gasteiger partial charge is 0.192 e. The van der Waals surface area contributed by atoms with Crippen LogP contribution in [-0.4, -0.2) is 31.2 Å². The topological polar surface area (TPSA) is 41.3 Å². The molecule has 1 N–H and O–H groups in total. The minimum Gasteiger partial charge on any atom is -0.441 e. The standard InChI is InChI=1S/C13H17N3O/c1-9-15-12-7-10(3-4-13(12)17-9)16(2)11-5-6-14-8-11/h3-4,7,11,14H,5-6,8H2,1-2H3. The number of aryl methyl sites for hydroxylation is 1. The second-order valence-electron chi connectivity index (χ2n) is 4.64. The molecule has 1 fully saturated rings. The van der Waals surface area contributed by atoms with Crippen LogP contribution in [0.25, 0.3) is 11.1 Å². The third-order valence-electron chi connectivity index (χ3n) is 3.47. The SMILES string of the molecule is Cc1nc2cc(N(C)C3CCNC3)ccc2o1. The first kappa shape index (κ1) is 10.6. The van der Waals surface area contributed by atoms with Crippen molar-refractivity contribution in [3.8, 4) is 0 Å². The summed E-state index contributed by atoms with van der Waals surface area (Å²) >= 11 is 0. The largest absolute Gasteiger partial charge is 0.441 e. The van der Waals surface area contributed by atoms with Gasteiger partial charge in [0, 0.05) is 32.2 Å². The van der Waals surface area contributed by atoms with Gasteiger partial charge in [0.05, 0.1) is 0 Å². The van der Waals surface area contributed by atoms with E-state index in [1.807, 2.05) is 13.0 Å². The quantitative estimate of drug-likeness (QED) is 0.857. The van der Waals surface area contributed by atoms with Crippen molar-refractivity contribution >= 4 is 16.8 Å². The molecule has 1 atom stereocenters.